The summed E-state index contributed by atoms with van der Waals surface area (Å²) in [6.07, 6.45) is 6.22. The van der Waals surface area contributed by atoms with Gasteiger partial charge in [0.2, 0.25) is 15.9 Å². The summed E-state index contributed by atoms with van der Waals surface area (Å²) in [5.74, 6) is -0.784. The van der Waals surface area contributed by atoms with Crippen molar-refractivity contribution in [3.05, 3.63) is 30.1 Å². The van der Waals surface area contributed by atoms with Crippen molar-refractivity contribution in [3.63, 3.8) is 0 Å². The van der Waals surface area contributed by atoms with Crippen molar-refractivity contribution in [2.45, 2.75) is 51.1 Å². The summed E-state index contributed by atoms with van der Waals surface area (Å²) >= 11 is 0. The molecule has 7 heteroatoms. The summed E-state index contributed by atoms with van der Waals surface area (Å²) in [6.45, 7) is 1.54. The standard InChI is InChI=1S/C16H23FN2O3S/c1-12(16(20)18-14-6-4-3-5-7-14)19(23(2,21)22)15-10-8-13(17)9-11-15/h8-12,14H,3-7H2,1-2H3,(H,18,20)/t12-/m0/s1. The van der Waals surface area contributed by atoms with Gasteiger partial charge in [-0.05, 0) is 44.0 Å². The molecule has 0 spiro atoms. The number of carbonyl (C=O) groups excluding carboxylic acids is 1. The Morgan fingerprint density at radius 1 is 1.22 bits per heavy atom. The number of rotatable bonds is 5. The maximum Gasteiger partial charge on any atom is 0.243 e. The largest absolute Gasteiger partial charge is 0.352 e. The number of nitrogens with one attached hydrogen (secondary N) is 1. The molecule has 0 aromatic heterocycles. The number of nitrogens with zero attached hydrogens (tertiary/aromatic N) is 1. The first kappa shape index (κ1) is 17.7. The molecule has 1 aromatic carbocycles. The van der Waals surface area contributed by atoms with E-state index in [2.05, 4.69) is 5.32 Å². The topological polar surface area (TPSA) is 66.5 Å². The lowest BCUT2D eigenvalue weighted by Gasteiger charge is -2.30. The molecule has 2 rings (SSSR count). The Hall–Kier alpha value is -1.63. The Kier molecular flexibility index (Phi) is 5.62. The Morgan fingerprint density at radius 3 is 2.30 bits per heavy atom. The molecule has 1 atom stereocenters. The van der Waals surface area contributed by atoms with Crippen LogP contribution in [0.4, 0.5) is 10.1 Å². The summed E-state index contributed by atoms with van der Waals surface area (Å²) in [4.78, 5) is 12.4. The lowest BCUT2D eigenvalue weighted by Crippen LogP contribution is -2.50. The van der Waals surface area contributed by atoms with E-state index >= 15 is 0 Å². The van der Waals surface area contributed by atoms with Crippen LogP contribution in [0.5, 0.6) is 0 Å². The van der Waals surface area contributed by atoms with Gasteiger partial charge in [0.05, 0.1) is 11.9 Å². The van der Waals surface area contributed by atoms with Crippen molar-refractivity contribution in [3.8, 4) is 0 Å². The van der Waals surface area contributed by atoms with Gasteiger partial charge in [-0.2, -0.15) is 0 Å². The molecule has 1 saturated carbocycles. The first-order valence-corrected chi connectivity index (χ1v) is 9.69. The number of hydrogen-bond acceptors (Lipinski definition) is 3. The van der Waals surface area contributed by atoms with Crippen LogP contribution in [0.25, 0.3) is 0 Å². The molecule has 0 unspecified atom stereocenters. The highest BCUT2D eigenvalue weighted by atomic mass is 32.2. The monoisotopic (exact) mass is 342 g/mol. The average Bonchev–Trinajstić information content (AvgIpc) is 2.49. The molecule has 0 radical (unpaired) electrons. The summed E-state index contributed by atoms with van der Waals surface area (Å²) in [5, 5.41) is 2.93. The Bertz CT molecular complexity index is 640. The van der Waals surface area contributed by atoms with E-state index < -0.39 is 21.9 Å². The van der Waals surface area contributed by atoms with Crippen LogP contribution < -0.4 is 9.62 Å². The number of benzene rings is 1. The van der Waals surface area contributed by atoms with E-state index in [9.17, 15) is 17.6 Å². The highest BCUT2D eigenvalue weighted by molar-refractivity contribution is 7.92. The minimum atomic E-state index is -3.67. The van der Waals surface area contributed by atoms with Crippen LogP contribution in [-0.4, -0.2) is 32.7 Å². The van der Waals surface area contributed by atoms with Gasteiger partial charge in [0.1, 0.15) is 11.9 Å². The fourth-order valence-corrected chi connectivity index (χ4v) is 4.14. The third-order valence-corrected chi connectivity index (χ3v) is 5.36. The van der Waals surface area contributed by atoms with Gasteiger partial charge in [-0.25, -0.2) is 12.8 Å². The third-order valence-electron chi connectivity index (χ3n) is 4.12. The van der Waals surface area contributed by atoms with E-state index in [0.29, 0.717) is 0 Å². The van der Waals surface area contributed by atoms with Gasteiger partial charge in [0, 0.05) is 6.04 Å². The molecule has 128 valence electrons. The fraction of sp³-hybridized carbons (Fsp3) is 0.562. The molecule has 23 heavy (non-hydrogen) atoms. The fourth-order valence-electron chi connectivity index (χ4n) is 2.97. The first-order valence-electron chi connectivity index (χ1n) is 7.84. The minimum absolute atomic E-state index is 0.105. The number of halogens is 1. The predicted octanol–water partition coefficient (Wildman–Crippen LogP) is 2.43. The first-order chi connectivity index (χ1) is 10.8. The maximum absolute atomic E-state index is 13.1. The summed E-state index contributed by atoms with van der Waals surface area (Å²) in [5.41, 5.74) is 0.278. The number of anilines is 1. The molecule has 0 heterocycles. The number of sulfonamides is 1. The second kappa shape index (κ2) is 7.29. The van der Waals surface area contributed by atoms with E-state index in [4.69, 9.17) is 0 Å². The summed E-state index contributed by atoms with van der Waals surface area (Å²) in [6, 6.07) is 4.30. The molecule has 0 saturated heterocycles. The molecule has 0 bridgehead atoms. The zero-order chi connectivity index (χ0) is 17.0. The SMILES string of the molecule is C[C@@H](C(=O)NC1CCCCC1)N(c1ccc(F)cc1)S(C)(=O)=O. The second-order valence-corrected chi connectivity index (χ2v) is 7.91. The smallest absolute Gasteiger partial charge is 0.243 e. The van der Waals surface area contributed by atoms with E-state index in [1.54, 1.807) is 6.92 Å². The van der Waals surface area contributed by atoms with Crippen molar-refractivity contribution in [2.75, 3.05) is 10.6 Å². The lowest BCUT2D eigenvalue weighted by atomic mass is 9.95. The molecule has 1 aliphatic carbocycles. The molecule has 1 fully saturated rings. The number of carbonyl (C=O) groups is 1. The Balaban J connectivity index is 2.17. The molecule has 1 aromatic rings. The van der Waals surface area contributed by atoms with Gasteiger partial charge in [-0.3, -0.25) is 9.10 Å². The van der Waals surface area contributed by atoms with Gasteiger partial charge in [0.25, 0.3) is 0 Å². The van der Waals surface area contributed by atoms with Crippen molar-refractivity contribution in [1.29, 1.82) is 0 Å². The van der Waals surface area contributed by atoms with E-state index in [1.165, 1.54) is 30.7 Å². The maximum atomic E-state index is 13.1. The molecule has 1 aliphatic rings. The van der Waals surface area contributed by atoms with Crippen LogP contribution in [0.15, 0.2) is 24.3 Å². The van der Waals surface area contributed by atoms with Crippen molar-refractivity contribution in [2.24, 2.45) is 0 Å². The predicted molar refractivity (Wildman–Crippen MR) is 88.2 cm³/mol. The minimum Gasteiger partial charge on any atom is -0.352 e. The van der Waals surface area contributed by atoms with Crippen LogP contribution in [0.2, 0.25) is 0 Å². The van der Waals surface area contributed by atoms with Crippen LogP contribution in [0, 0.1) is 5.82 Å². The van der Waals surface area contributed by atoms with Crippen LogP contribution in [-0.2, 0) is 14.8 Å². The zero-order valence-corrected chi connectivity index (χ0v) is 14.3. The lowest BCUT2D eigenvalue weighted by molar-refractivity contribution is -0.122. The second-order valence-electron chi connectivity index (χ2n) is 6.05. The summed E-state index contributed by atoms with van der Waals surface area (Å²) in [7, 11) is -3.67. The molecular formula is C16H23FN2O3S. The van der Waals surface area contributed by atoms with Crippen LogP contribution in [0.3, 0.4) is 0 Å². The van der Waals surface area contributed by atoms with Gasteiger partial charge < -0.3 is 5.32 Å². The third kappa shape index (κ3) is 4.67. The number of amides is 1. The molecule has 0 aliphatic heterocycles. The van der Waals surface area contributed by atoms with Crippen molar-refractivity contribution in [1.82, 2.24) is 5.32 Å². The molecule has 5 nitrogen and oxygen atoms in total. The van der Waals surface area contributed by atoms with Gasteiger partial charge in [-0.1, -0.05) is 19.3 Å². The van der Waals surface area contributed by atoms with Crippen LogP contribution in [0.1, 0.15) is 39.0 Å². The summed E-state index contributed by atoms with van der Waals surface area (Å²) < 4.78 is 38.3. The molecule has 1 amide bonds. The Labute approximate surface area is 136 Å². The van der Waals surface area contributed by atoms with E-state index in [1.807, 2.05) is 0 Å². The normalized spacial score (nSPS) is 17.5. The van der Waals surface area contributed by atoms with Gasteiger partial charge in [0.15, 0.2) is 0 Å². The van der Waals surface area contributed by atoms with E-state index in [-0.39, 0.29) is 17.6 Å². The highest BCUT2D eigenvalue weighted by Gasteiger charge is 2.30. The van der Waals surface area contributed by atoms with Crippen molar-refractivity contribution >= 4 is 21.6 Å². The Morgan fingerprint density at radius 2 is 1.78 bits per heavy atom. The number of hydrogen-bond donors (Lipinski definition) is 1. The van der Waals surface area contributed by atoms with E-state index in [0.717, 1.165) is 36.2 Å². The van der Waals surface area contributed by atoms with Gasteiger partial charge >= 0.3 is 0 Å². The van der Waals surface area contributed by atoms with Crippen LogP contribution >= 0.6 is 0 Å². The molecule has 1 N–H and O–H groups in total. The zero-order valence-electron chi connectivity index (χ0n) is 13.5. The highest BCUT2D eigenvalue weighted by Crippen LogP contribution is 2.22. The van der Waals surface area contributed by atoms with Crippen molar-refractivity contribution < 1.29 is 17.6 Å². The average molecular weight is 342 g/mol. The quantitative estimate of drug-likeness (QED) is 0.894. The van der Waals surface area contributed by atoms with Gasteiger partial charge in [-0.15, -0.1) is 0 Å². The molecular weight excluding hydrogens is 319 g/mol.